The summed E-state index contributed by atoms with van der Waals surface area (Å²) < 4.78 is 17.8. The average Bonchev–Trinajstić information content (AvgIpc) is 3.29. The highest BCUT2D eigenvalue weighted by Crippen LogP contribution is 2.29. The molecule has 0 atom stereocenters. The number of hydrogen-bond donors (Lipinski definition) is 3. The Morgan fingerprint density at radius 2 is 2.00 bits per heavy atom. The van der Waals surface area contributed by atoms with Gasteiger partial charge in [-0.1, -0.05) is 25.5 Å². The second-order valence-corrected chi connectivity index (χ2v) is 9.91. The molecule has 40 heavy (non-hydrogen) atoms. The van der Waals surface area contributed by atoms with Crippen molar-refractivity contribution in [2.75, 3.05) is 57.3 Å². The summed E-state index contributed by atoms with van der Waals surface area (Å²) in [6, 6.07) is 6.72. The molecule has 1 fully saturated rings. The lowest BCUT2D eigenvalue weighted by Crippen LogP contribution is -2.34. The molecule has 218 valence electrons. The van der Waals surface area contributed by atoms with Crippen LogP contribution < -0.4 is 20.3 Å². The number of nitrogens with one attached hydrogen (secondary N) is 2. The Bertz CT molecular complexity index is 1280. The molecule has 0 aliphatic carbocycles. The molecule has 0 saturated carbocycles. The molecule has 0 bridgehead atoms. The highest BCUT2D eigenvalue weighted by atomic mass is 16.5. The van der Waals surface area contributed by atoms with Crippen molar-refractivity contribution in [3.8, 4) is 5.75 Å². The van der Waals surface area contributed by atoms with Crippen molar-refractivity contribution < 1.29 is 24.1 Å². The number of aliphatic hydroxyl groups is 1. The van der Waals surface area contributed by atoms with E-state index < -0.39 is 6.09 Å². The molecule has 1 aliphatic rings. The number of unbranched alkanes of at least 4 members (excludes halogenated alkanes) is 1. The predicted molar refractivity (Wildman–Crippen MR) is 153 cm³/mol. The molecule has 3 heterocycles. The van der Waals surface area contributed by atoms with Crippen LogP contribution in [-0.2, 0) is 22.6 Å². The Morgan fingerprint density at radius 1 is 1.20 bits per heavy atom. The Hall–Kier alpha value is -3.48. The molecule has 3 aromatic rings. The van der Waals surface area contributed by atoms with E-state index in [0.717, 1.165) is 68.0 Å². The summed E-state index contributed by atoms with van der Waals surface area (Å²) in [6.07, 6.45) is 3.29. The van der Waals surface area contributed by atoms with Crippen molar-refractivity contribution in [1.29, 1.82) is 0 Å². The molecular weight excluding hydrogens is 514 g/mol. The summed E-state index contributed by atoms with van der Waals surface area (Å²) in [5.41, 5.74) is 4.17. The Kier molecular flexibility index (Phi) is 10.5. The number of fused-ring (bicyclic) bond motifs is 1. The lowest BCUT2D eigenvalue weighted by molar-refractivity contribution is 0.0776. The number of anilines is 2. The largest absolute Gasteiger partial charge is 0.496 e. The van der Waals surface area contributed by atoms with E-state index in [4.69, 9.17) is 19.3 Å². The number of aliphatic hydroxyl groups excluding tert-OH is 1. The molecule has 2 aromatic heterocycles. The standard InChI is InChI=1S/C28H41N7O5/c1-5-6-11-34(12-13-36)26-25-24(30-27(31-26)32-28(37)39-4)19(2)35(33-25)18-21-8-7-20(16-23(21)38-3)17-29-22-9-14-40-15-10-22/h7-8,16,22,29,36H,5-6,9-15,17-18H2,1-4H3,(H,30,32,37). The van der Waals surface area contributed by atoms with Crippen LogP contribution in [0.4, 0.5) is 16.6 Å². The maximum absolute atomic E-state index is 12.0. The number of amides is 1. The molecule has 0 radical (unpaired) electrons. The first-order valence-electron chi connectivity index (χ1n) is 13.9. The zero-order chi connectivity index (χ0) is 28.5. The van der Waals surface area contributed by atoms with E-state index in [2.05, 4.69) is 45.7 Å². The van der Waals surface area contributed by atoms with E-state index in [0.29, 0.717) is 42.5 Å². The molecule has 0 unspecified atom stereocenters. The number of aromatic nitrogens is 4. The summed E-state index contributed by atoms with van der Waals surface area (Å²) in [7, 11) is 2.97. The van der Waals surface area contributed by atoms with Crippen molar-refractivity contribution >= 4 is 28.9 Å². The van der Waals surface area contributed by atoms with E-state index in [1.807, 2.05) is 16.5 Å². The van der Waals surface area contributed by atoms with Gasteiger partial charge < -0.3 is 29.5 Å². The number of aryl methyl sites for hydroxylation is 1. The SMILES string of the molecule is CCCCN(CCO)c1nc(NC(=O)OC)nc2c(C)n(Cc3ccc(CNC4CCOCC4)cc3OC)nc12. The summed E-state index contributed by atoms with van der Waals surface area (Å²) in [5, 5.41) is 20.8. The minimum Gasteiger partial charge on any atom is -0.496 e. The molecule has 4 rings (SSSR count). The smallest absolute Gasteiger partial charge is 0.413 e. The number of ether oxygens (including phenoxy) is 3. The van der Waals surface area contributed by atoms with Crippen molar-refractivity contribution in [2.45, 2.75) is 58.7 Å². The average molecular weight is 556 g/mol. The van der Waals surface area contributed by atoms with Crippen LogP contribution in [0.2, 0.25) is 0 Å². The highest BCUT2D eigenvalue weighted by molar-refractivity contribution is 5.91. The normalized spacial score (nSPS) is 13.9. The van der Waals surface area contributed by atoms with E-state index >= 15 is 0 Å². The molecule has 1 amide bonds. The van der Waals surface area contributed by atoms with Crippen LogP contribution in [0.1, 0.15) is 49.4 Å². The van der Waals surface area contributed by atoms with Gasteiger partial charge in [0.15, 0.2) is 11.3 Å². The number of carbonyl (C=O) groups excluding carboxylic acids is 1. The van der Waals surface area contributed by atoms with Gasteiger partial charge in [0.2, 0.25) is 5.95 Å². The quantitative estimate of drug-likeness (QED) is 0.288. The zero-order valence-electron chi connectivity index (χ0n) is 23.9. The first-order valence-corrected chi connectivity index (χ1v) is 13.9. The third kappa shape index (κ3) is 7.18. The molecule has 12 nitrogen and oxygen atoms in total. The van der Waals surface area contributed by atoms with Gasteiger partial charge in [-0.05, 0) is 37.8 Å². The number of hydrogen-bond acceptors (Lipinski definition) is 10. The molecule has 1 aromatic carbocycles. The first kappa shape index (κ1) is 29.5. The van der Waals surface area contributed by atoms with Crippen LogP contribution in [0.25, 0.3) is 11.0 Å². The van der Waals surface area contributed by atoms with Crippen LogP contribution >= 0.6 is 0 Å². The molecule has 0 spiro atoms. The highest BCUT2D eigenvalue weighted by Gasteiger charge is 2.22. The maximum atomic E-state index is 12.0. The molecule has 12 heteroatoms. The number of carbonyl (C=O) groups is 1. The number of nitrogens with zero attached hydrogens (tertiary/aromatic N) is 5. The molecule has 3 N–H and O–H groups in total. The summed E-state index contributed by atoms with van der Waals surface area (Å²) in [6.45, 7) is 7.91. The maximum Gasteiger partial charge on any atom is 0.413 e. The lowest BCUT2D eigenvalue weighted by Gasteiger charge is -2.23. The third-order valence-corrected chi connectivity index (χ3v) is 7.15. The fraction of sp³-hybridized carbons (Fsp3) is 0.571. The van der Waals surface area contributed by atoms with Gasteiger partial charge in [-0.2, -0.15) is 10.1 Å². The minimum absolute atomic E-state index is 0.0401. The third-order valence-electron chi connectivity index (χ3n) is 7.15. The summed E-state index contributed by atoms with van der Waals surface area (Å²) in [4.78, 5) is 23.1. The van der Waals surface area contributed by atoms with Gasteiger partial charge in [0.05, 0.1) is 33.1 Å². The molecular formula is C28H41N7O5. The summed E-state index contributed by atoms with van der Waals surface area (Å²) >= 11 is 0. The van der Waals surface area contributed by atoms with Crippen molar-refractivity contribution in [3.63, 3.8) is 0 Å². The van der Waals surface area contributed by atoms with Crippen LogP contribution in [0, 0.1) is 6.92 Å². The first-order chi connectivity index (χ1) is 19.5. The molecule has 1 saturated heterocycles. The lowest BCUT2D eigenvalue weighted by atomic mass is 10.1. The monoisotopic (exact) mass is 555 g/mol. The van der Waals surface area contributed by atoms with E-state index in [1.165, 1.54) is 7.11 Å². The second-order valence-electron chi connectivity index (χ2n) is 9.91. The van der Waals surface area contributed by atoms with Gasteiger partial charge >= 0.3 is 6.09 Å². The number of methoxy groups -OCH3 is 2. The zero-order valence-corrected chi connectivity index (χ0v) is 23.9. The fourth-order valence-electron chi connectivity index (χ4n) is 4.83. The predicted octanol–water partition coefficient (Wildman–Crippen LogP) is 3.24. The van der Waals surface area contributed by atoms with Gasteiger partial charge in [0.25, 0.3) is 0 Å². The minimum atomic E-state index is -0.659. The van der Waals surface area contributed by atoms with Gasteiger partial charge in [-0.25, -0.2) is 9.78 Å². The van der Waals surface area contributed by atoms with Gasteiger partial charge in [-0.15, -0.1) is 0 Å². The summed E-state index contributed by atoms with van der Waals surface area (Å²) in [5.74, 6) is 1.46. The van der Waals surface area contributed by atoms with Gasteiger partial charge in [-0.3, -0.25) is 10.00 Å². The van der Waals surface area contributed by atoms with Crippen LogP contribution in [0.3, 0.4) is 0 Å². The number of rotatable bonds is 13. The Balaban J connectivity index is 1.64. The van der Waals surface area contributed by atoms with E-state index in [9.17, 15) is 9.90 Å². The van der Waals surface area contributed by atoms with Crippen LogP contribution in [-0.4, -0.2) is 84.1 Å². The van der Waals surface area contributed by atoms with Gasteiger partial charge in [0.1, 0.15) is 11.3 Å². The van der Waals surface area contributed by atoms with Crippen LogP contribution in [0.5, 0.6) is 5.75 Å². The van der Waals surface area contributed by atoms with Crippen molar-refractivity contribution in [3.05, 3.63) is 35.0 Å². The van der Waals surface area contributed by atoms with Crippen LogP contribution in [0.15, 0.2) is 18.2 Å². The Morgan fingerprint density at radius 3 is 2.70 bits per heavy atom. The number of benzene rings is 1. The van der Waals surface area contributed by atoms with Crippen molar-refractivity contribution in [1.82, 2.24) is 25.1 Å². The topological polar surface area (TPSA) is 136 Å². The van der Waals surface area contributed by atoms with Gasteiger partial charge in [0, 0.05) is 44.5 Å². The van der Waals surface area contributed by atoms with Crippen molar-refractivity contribution in [2.24, 2.45) is 0 Å². The molecule has 1 aliphatic heterocycles. The Labute approximate surface area is 235 Å². The second kappa shape index (κ2) is 14.2. The van der Waals surface area contributed by atoms with E-state index in [1.54, 1.807) is 7.11 Å². The fourth-order valence-corrected chi connectivity index (χ4v) is 4.83. The van der Waals surface area contributed by atoms with E-state index in [-0.39, 0.29) is 12.6 Å².